The molecule has 2 atom stereocenters. The molecule has 172 valence electrons. The van der Waals surface area contributed by atoms with Gasteiger partial charge in [0.15, 0.2) is 4.96 Å². The lowest BCUT2D eigenvalue weighted by Gasteiger charge is -2.39. The molecule has 5 rings (SSSR count). The summed E-state index contributed by atoms with van der Waals surface area (Å²) >= 11 is 1.62. The van der Waals surface area contributed by atoms with Crippen LogP contribution >= 0.6 is 11.3 Å². The Morgan fingerprint density at radius 3 is 2.64 bits per heavy atom. The number of aromatic nitrogens is 2. The monoisotopic (exact) mass is 460 g/mol. The molecule has 1 aliphatic rings. The highest BCUT2D eigenvalue weighted by atomic mass is 32.1. The predicted octanol–water partition coefficient (Wildman–Crippen LogP) is 5.91. The number of imidazole rings is 1. The molecule has 1 N–H and O–H groups in total. The van der Waals surface area contributed by atoms with E-state index in [4.69, 9.17) is 4.98 Å². The summed E-state index contributed by atoms with van der Waals surface area (Å²) in [5.74, 6) is 0.00280. The molecule has 0 unspecified atom stereocenters. The summed E-state index contributed by atoms with van der Waals surface area (Å²) < 4.78 is 3.20. The maximum atomic E-state index is 12.7. The Kier molecular flexibility index (Phi) is 6.21. The predicted molar refractivity (Wildman–Crippen MR) is 137 cm³/mol. The minimum absolute atomic E-state index is 0.00280. The fourth-order valence-corrected chi connectivity index (χ4v) is 6.03. The molecule has 5 nitrogen and oxygen atoms in total. The van der Waals surface area contributed by atoms with Crippen LogP contribution in [-0.2, 0) is 0 Å². The standard InChI is InChI=1S/C27H32N4OS/c1-18-8-10-21(11-9-18)23-17-31-24-13-12-22(16-25(24)33-27(31)29-23)26(32)28-14-5-15-30-19(2)6-4-7-20(30)3/h8-13,16-17,19-20H,4-7,14-15H2,1-3H3,(H,28,32)/t19-,20-/m1/s1. The molecule has 4 aromatic rings. The zero-order chi connectivity index (χ0) is 22.9. The topological polar surface area (TPSA) is 49.6 Å². The van der Waals surface area contributed by atoms with Crippen LogP contribution in [0.3, 0.4) is 0 Å². The van der Waals surface area contributed by atoms with Gasteiger partial charge in [-0.3, -0.25) is 14.1 Å². The first-order chi connectivity index (χ1) is 16.0. The van der Waals surface area contributed by atoms with E-state index >= 15 is 0 Å². The molecular formula is C27H32N4OS. The molecule has 33 heavy (non-hydrogen) atoms. The third kappa shape index (κ3) is 4.55. The molecule has 0 aliphatic carbocycles. The van der Waals surface area contributed by atoms with Gasteiger partial charge in [0.2, 0.25) is 0 Å². The number of carbonyl (C=O) groups is 1. The van der Waals surface area contributed by atoms with E-state index < -0.39 is 0 Å². The van der Waals surface area contributed by atoms with Crippen molar-refractivity contribution in [2.75, 3.05) is 13.1 Å². The summed E-state index contributed by atoms with van der Waals surface area (Å²) in [7, 11) is 0. The van der Waals surface area contributed by atoms with Crippen molar-refractivity contribution in [2.24, 2.45) is 0 Å². The molecule has 0 radical (unpaired) electrons. The molecule has 6 heteroatoms. The van der Waals surface area contributed by atoms with Gasteiger partial charge in [-0.2, -0.15) is 0 Å². The lowest BCUT2D eigenvalue weighted by atomic mass is 9.97. The van der Waals surface area contributed by atoms with Gasteiger partial charge in [-0.1, -0.05) is 47.6 Å². The third-order valence-electron chi connectivity index (χ3n) is 6.96. The van der Waals surface area contributed by atoms with Gasteiger partial charge in [0.05, 0.1) is 15.9 Å². The molecule has 2 aromatic heterocycles. The van der Waals surface area contributed by atoms with Crippen LogP contribution in [0.25, 0.3) is 26.4 Å². The van der Waals surface area contributed by atoms with Gasteiger partial charge in [-0.05, 0) is 58.2 Å². The van der Waals surface area contributed by atoms with E-state index in [0.717, 1.165) is 39.4 Å². The van der Waals surface area contributed by atoms with Crippen LogP contribution in [0.2, 0.25) is 0 Å². The first kappa shape index (κ1) is 22.1. The molecule has 1 fully saturated rings. The average molecular weight is 461 g/mol. The number of amides is 1. The minimum Gasteiger partial charge on any atom is -0.352 e. The van der Waals surface area contributed by atoms with Crippen molar-refractivity contribution < 1.29 is 4.79 Å². The summed E-state index contributed by atoms with van der Waals surface area (Å²) in [5.41, 5.74) is 5.14. The largest absolute Gasteiger partial charge is 0.352 e. The zero-order valence-corrected chi connectivity index (χ0v) is 20.5. The van der Waals surface area contributed by atoms with Gasteiger partial charge in [-0.25, -0.2) is 4.98 Å². The molecule has 2 aromatic carbocycles. The molecule has 1 saturated heterocycles. The Bertz CT molecular complexity index is 1260. The van der Waals surface area contributed by atoms with Crippen LogP contribution in [0.4, 0.5) is 0 Å². The SMILES string of the molecule is Cc1ccc(-c2cn3c(n2)sc2cc(C(=O)NCCCN4[C@H](C)CCC[C@H]4C)ccc23)cc1. The lowest BCUT2D eigenvalue weighted by Crippen LogP contribution is -2.44. The number of hydrogen-bond acceptors (Lipinski definition) is 4. The second-order valence-electron chi connectivity index (χ2n) is 9.41. The number of aryl methyl sites for hydroxylation is 1. The van der Waals surface area contributed by atoms with Crippen molar-refractivity contribution in [3.63, 3.8) is 0 Å². The highest BCUT2D eigenvalue weighted by Gasteiger charge is 2.23. The Labute approximate surface area is 199 Å². The van der Waals surface area contributed by atoms with E-state index in [2.05, 4.69) is 65.9 Å². The Morgan fingerprint density at radius 1 is 1.12 bits per heavy atom. The van der Waals surface area contributed by atoms with Crippen LogP contribution in [0.1, 0.15) is 55.5 Å². The first-order valence-electron chi connectivity index (χ1n) is 12.0. The van der Waals surface area contributed by atoms with Crippen LogP contribution in [0.15, 0.2) is 48.7 Å². The van der Waals surface area contributed by atoms with E-state index in [9.17, 15) is 4.79 Å². The minimum atomic E-state index is 0.00280. The van der Waals surface area contributed by atoms with E-state index in [-0.39, 0.29) is 5.91 Å². The van der Waals surface area contributed by atoms with Crippen LogP contribution < -0.4 is 5.32 Å². The van der Waals surface area contributed by atoms with E-state index in [1.807, 2.05) is 18.2 Å². The third-order valence-corrected chi connectivity index (χ3v) is 7.98. The number of carbonyl (C=O) groups excluding carboxylic acids is 1. The van der Waals surface area contributed by atoms with Crippen LogP contribution in [0.5, 0.6) is 0 Å². The van der Waals surface area contributed by atoms with E-state index in [1.165, 1.54) is 24.8 Å². The number of hydrogen-bond donors (Lipinski definition) is 1. The summed E-state index contributed by atoms with van der Waals surface area (Å²) in [4.78, 5) is 21.1. The summed E-state index contributed by atoms with van der Waals surface area (Å²) in [6, 6.07) is 15.7. The van der Waals surface area contributed by atoms with Gasteiger partial charge in [0, 0.05) is 42.5 Å². The smallest absolute Gasteiger partial charge is 0.251 e. The van der Waals surface area contributed by atoms with Crippen LogP contribution in [-0.4, -0.2) is 45.4 Å². The summed E-state index contributed by atoms with van der Waals surface area (Å²) in [5, 5.41) is 3.11. The lowest BCUT2D eigenvalue weighted by molar-refractivity contribution is 0.0925. The van der Waals surface area contributed by atoms with Crippen LogP contribution in [0, 0.1) is 6.92 Å². The van der Waals surface area contributed by atoms with Crippen molar-refractivity contribution in [3.05, 3.63) is 59.8 Å². The quantitative estimate of drug-likeness (QED) is 0.364. The normalized spacial score (nSPS) is 19.4. The Balaban J connectivity index is 1.24. The number of thiazole rings is 1. The van der Waals surface area contributed by atoms with Crippen molar-refractivity contribution in [1.82, 2.24) is 19.6 Å². The molecular weight excluding hydrogens is 428 g/mol. The van der Waals surface area contributed by atoms with E-state index in [0.29, 0.717) is 24.2 Å². The molecule has 0 bridgehead atoms. The molecule has 1 aliphatic heterocycles. The van der Waals surface area contributed by atoms with Gasteiger partial charge in [0.25, 0.3) is 5.91 Å². The number of nitrogens with zero attached hydrogens (tertiary/aromatic N) is 3. The number of likely N-dealkylation sites (tertiary alicyclic amines) is 1. The van der Waals surface area contributed by atoms with Gasteiger partial charge < -0.3 is 5.32 Å². The van der Waals surface area contributed by atoms with Crippen molar-refractivity contribution >= 4 is 32.4 Å². The number of benzene rings is 2. The van der Waals surface area contributed by atoms with Crippen molar-refractivity contribution in [2.45, 2.75) is 58.5 Å². The number of nitrogens with one attached hydrogen (secondary N) is 1. The fraction of sp³-hybridized carbons (Fsp3) is 0.407. The van der Waals surface area contributed by atoms with Gasteiger partial charge >= 0.3 is 0 Å². The second-order valence-corrected chi connectivity index (χ2v) is 10.4. The van der Waals surface area contributed by atoms with E-state index in [1.54, 1.807) is 11.3 Å². The maximum absolute atomic E-state index is 12.7. The summed E-state index contributed by atoms with van der Waals surface area (Å²) in [6.45, 7) is 8.50. The average Bonchev–Trinajstić information content (AvgIpc) is 3.36. The molecule has 1 amide bonds. The van der Waals surface area contributed by atoms with Crippen molar-refractivity contribution in [3.8, 4) is 11.3 Å². The zero-order valence-electron chi connectivity index (χ0n) is 19.7. The highest BCUT2D eigenvalue weighted by Crippen LogP contribution is 2.30. The first-order valence-corrected chi connectivity index (χ1v) is 12.8. The Hall–Kier alpha value is -2.70. The maximum Gasteiger partial charge on any atom is 0.251 e. The second kappa shape index (κ2) is 9.27. The van der Waals surface area contributed by atoms with Crippen molar-refractivity contribution in [1.29, 1.82) is 0 Å². The van der Waals surface area contributed by atoms with Gasteiger partial charge in [0.1, 0.15) is 0 Å². The summed E-state index contributed by atoms with van der Waals surface area (Å²) in [6.07, 6.45) is 6.97. The number of piperidine rings is 1. The fourth-order valence-electron chi connectivity index (χ4n) is 4.99. The number of rotatable bonds is 6. The molecule has 0 spiro atoms. The highest BCUT2D eigenvalue weighted by molar-refractivity contribution is 7.23. The molecule has 3 heterocycles. The number of fused-ring (bicyclic) bond motifs is 3. The Morgan fingerprint density at radius 2 is 1.88 bits per heavy atom. The molecule has 0 saturated carbocycles. The van der Waals surface area contributed by atoms with Gasteiger partial charge in [-0.15, -0.1) is 0 Å².